The normalized spacial score (nSPS) is 14.6. The summed E-state index contributed by atoms with van der Waals surface area (Å²) in [5.74, 6) is -1.04. The first-order valence-electron chi connectivity index (χ1n) is 10.0. The van der Waals surface area contributed by atoms with Gasteiger partial charge in [-0.1, -0.05) is 12.1 Å². The van der Waals surface area contributed by atoms with Crippen LogP contribution in [0.3, 0.4) is 0 Å². The highest BCUT2D eigenvalue weighted by Crippen LogP contribution is 2.21. The molecule has 1 aliphatic heterocycles. The number of nitrogens with zero attached hydrogens (tertiary/aromatic N) is 1. The second-order valence-electron chi connectivity index (χ2n) is 7.34. The summed E-state index contributed by atoms with van der Waals surface area (Å²) in [6.07, 6.45) is 1.78. The Morgan fingerprint density at radius 1 is 0.968 bits per heavy atom. The summed E-state index contributed by atoms with van der Waals surface area (Å²) in [6, 6.07) is 12.7. The van der Waals surface area contributed by atoms with Crippen molar-refractivity contribution >= 4 is 17.9 Å². The Labute approximate surface area is 180 Å². The highest BCUT2D eigenvalue weighted by Gasteiger charge is 2.21. The second kappa shape index (κ2) is 10.6. The fourth-order valence-corrected chi connectivity index (χ4v) is 3.34. The largest absolute Gasteiger partial charge is 0.493 e. The van der Waals surface area contributed by atoms with Gasteiger partial charge in [-0.3, -0.25) is 4.90 Å². The number of carbonyl (C=O) groups is 3. The van der Waals surface area contributed by atoms with Gasteiger partial charge in [0.25, 0.3) is 0 Å². The van der Waals surface area contributed by atoms with E-state index >= 15 is 0 Å². The summed E-state index contributed by atoms with van der Waals surface area (Å²) >= 11 is 0. The van der Waals surface area contributed by atoms with Crippen LogP contribution in [-0.4, -0.2) is 61.5 Å². The van der Waals surface area contributed by atoms with Gasteiger partial charge in [0, 0.05) is 13.1 Å². The molecule has 0 bridgehead atoms. The Balaban J connectivity index is 1.41. The van der Waals surface area contributed by atoms with E-state index in [1.54, 1.807) is 24.3 Å². The fourth-order valence-electron chi connectivity index (χ4n) is 3.34. The second-order valence-corrected chi connectivity index (χ2v) is 7.34. The highest BCUT2D eigenvalue weighted by molar-refractivity contribution is 5.94. The molecule has 8 heteroatoms. The molecule has 1 N–H and O–H groups in total. The number of ether oxygens (including phenoxy) is 3. The van der Waals surface area contributed by atoms with Gasteiger partial charge in [0.15, 0.2) is 0 Å². The van der Waals surface area contributed by atoms with Crippen LogP contribution in [0.4, 0.5) is 0 Å². The number of aromatic carboxylic acids is 1. The lowest BCUT2D eigenvalue weighted by atomic mass is 9.98. The molecule has 0 saturated carbocycles. The first kappa shape index (κ1) is 22.3. The molecule has 1 heterocycles. The van der Waals surface area contributed by atoms with Crippen molar-refractivity contribution in [2.75, 3.05) is 33.5 Å². The molecule has 0 unspecified atom stereocenters. The summed E-state index contributed by atoms with van der Waals surface area (Å²) in [6.45, 7) is 2.22. The molecule has 2 aromatic carbocycles. The van der Waals surface area contributed by atoms with E-state index in [0.29, 0.717) is 23.8 Å². The zero-order valence-corrected chi connectivity index (χ0v) is 17.3. The summed E-state index contributed by atoms with van der Waals surface area (Å²) in [4.78, 5) is 36.9. The van der Waals surface area contributed by atoms with Crippen LogP contribution in [0, 0.1) is 5.92 Å². The van der Waals surface area contributed by atoms with E-state index in [4.69, 9.17) is 19.3 Å². The zero-order chi connectivity index (χ0) is 22.2. The molecular formula is C23H25NO7. The number of hydrogen-bond donors (Lipinski definition) is 1. The van der Waals surface area contributed by atoms with Gasteiger partial charge >= 0.3 is 17.9 Å². The van der Waals surface area contributed by atoms with Crippen molar-refractivity contribution in [1.29, 1.82) is 0 Å². The first-order chi connectivity index (χ1) is 15.0. The van der Waals surface area contributed by atoms with Crippen LogP contribution in [0.25, 0.3) is 0 Å². The summed E-state index contributed by atoms with van der Waals surface area (Å²) in [5.41, 5.74) is 0.718. The van der Waals surface area contributed by atoms with Crippen molar-refractivity contribution < 1.29 is 33.7 Å². The monoisotopic (exact) mass is 427 g/mol. The molecule has 1 fully saturated rings. The number of hydrogen-bond acceptors (Lipinski definition) is 7. The molecule has 0 atom stereocenters. The number of esters is 2. The van der Waals surface area contributed by atoms with Crippen LogP contribution >= 0.6 is 0 Å². The molecule has 0 amide bonds. The predicted octanol–water partition coefficient (Wildman–Crippen LogP) is 3.08. The molecular weight excluding hydrogens is 402 g/mol. The molecule has 0 aliphatic carbocycles. The minimum Gasteiger partial charge on any atom is -0.493 e. The SMILES string of the molecule is COC(=O)c1cccc(OCC2CCN(COC(=O)c3cccc(C(=O)O)c3)CC2)c1. The third-order valence-corrected chi connectivity index (χ3v) is 5.17. The van der Waals surface area contributed by atoms with E-state index in [1.165, 1.54) is 31.4 Å². The Hall–Kier alpha value is -3.39. The Kier molecular flexibility index (Phi) is 7.61. The van der Waals surface area contributed by atoms with Gasteiger partial charge in [-0.25, -0.2) is 14.4 Å². The summed E-state index contributed by atoms with van der Waals surface area (Å²) in [7, 11) is 1.34. The van der Waals surface area contributed by atoms with Gasteiger partial charge in [-0.2, -0.15) is 0 Å². The maximum atomic E-state index is 12.2. The number of carboxylic acid groups (broad SMARTS) is 1. The molecule has 31 heavy (non-hydrogen) atoms. The highest BCUT2D eigenvalue weighted by atomic mass is 16.5. The Bertz CT molecular complexity index is 935. The lowest BCUT2D eigenvalue weighted by Gasteiger charge is -2.31. The first-order valence-corrected chi connectivity index (χ1v) is 10.0. The number of benzene rings is 2. The molecule has 0 spiro atoms. The van der Waals surface area contributed by atoms with E-state index < -0.39 is 17.9 Å². The summed E-state index contributed by atoms with van der Waals surface area (Å²) < 4.78 is 15.9. The smallest absolute Gasteiger partial charge is 0.339 e. The van der Waals surface area contributed by atoms with Crippen molar-refractivity contribution in [3.63, 3.8) is 0 Å². The lowest BCUT2D eigenvalue weighted by Crippen LogP contribution is -2.37. The molecule has 1 saturated heterocycles. The van der Waals surface area contributed by atoms with Crippen LogP contribution in [0.2, 0.25) is 0 Å². The minimum absolute atomic E-state index is 0.0485. The van der Waals surface area contributed by atoms with E-state index in [-0.39, 0.29) is 17.9 Å². The number of likely N-dealkylation sites (tertiary alicyclic amines) is 1. The average molecular weight is 427 g/mol. The van der Waals surface area contributed by atoms with Crippen LogP contribution in [0.5, 0.6) is 5.75 Å². The molecule has 0 aromatic heterocycles. The van der Waals surface area contributed by atoms with Crippen molar-refractivity contribution in [2.24, 2.45) is 5.92 Å². The van der Waals surface area contributed by atoms with Crippen LogP contribution in [0.15, 0.2) is 48.5 Å². The van der Waals surface area contributed by atoms with Crippen molar-refractivity contribution in [3.05, 3.63) is 65.2 Å². The maximum absolute atomic E-state index is 12.2. The van der Waals surface area contributed by atoms with Gasteiger partial charge in [-0.15, -0.1) is 0 Å². The molecule has 164 valence electrons. The molecule has 3 rings (SSSR count). The third-order valence-electron chi connectivity index (χ3n) is 5.17. The van der Waals surface area contributed by atoms with Gasteiger partial charge in [0.1, 0.15) is 12.5 Å². The van der Waals surface area contributed by atoms with Crippen molar-refractivity contribution in [3.8, 4) is 5.75 Å². The molecule has 2 aromatic rings. The predicted molar refractivity (Wildman–Crippen MR) is 111 cm³/mol. The van der Waals surface area contributed by atoms with Gasteiger partial charge in [0.2, 0.25) is 0 Å². The average Bonchev–Trinajstić information content (AvgIpc) is 2.81. The molecule has 0 radical (unpaired) electrons. The van der Waals surface area contributed by atoms with Gasteiger partial charge in [-0.05, 0) is 55.2 Å². The fraction of sp³-hybridized carbons (Fsp3) is 0.348. The zero-order valence-electron chi connectivity index (χ0n) is 17.3. The topological polar surface area (TPSA) is 102 Å². The Morgan fingerprint density at radius 3 is 2.29 bits per heavy atom. The molecule has 8 nitrogen and oxygen atoms in total. The molecule has 1 aliphatic rings. The summed E-state index contributed by atoms with van der Waals surface area (Å²) in [5, 5.41) is 9.02. The maximum Gasteiger partial charge on any atom is 0.339 e. The van der Waals surface area contributed by atoms with Crippen molar-refractivity contribution in [1.82, 2.24) is 4.90 Å². The standard InChI is InChI=1S/C23H25NO7/c1-29-22(27)19-6-3-7-20(13-19)30-14-16-8-10-24(11-9-16)15-31-23(28)18-5-2-4-17(12-18)21(25)26/h2-7,12-13,16H,8-11,14-15H2,1H3,(H,25,26). The van der Waals surface area contributed by atoms with E-state index in [1.807, 2.05) is 4.90 Å². The van der Waals surface area contributed by atoms with E-state index in [0.717, 1.165) is 25.9 Å². The third kappa shape index (κ3) is 6.29. The van der Waals surface area contributed by atoms with Gasteiger partial charge < -0.3 is 19.3 Å². The van der Waals surface area contributed by atoms with Crippen LogP contribution in [0.1, 0.15) is 43.9 Å². The number of methoxy groups -OCH3 is 1. The number of carboxylic acids is 1. The van der Waals surface area contributed by atoms with Crippen LogP contribution < -0.4 is 4.74 Å². The van der Waals surface area contributed by atoms with E-state index in [2.05, 4.69) is 0 Å². The lowest BCUT2D eigenvalue weighted by molar-refractivity contribution is 0.0103. The number of piperidine rings is 1. The quantitative estimate of drug-likeness (QED) is 0.642. The van der Waals surface area contributed by atoms with Crippen LogP contribution in [-0.2, 0) is 9.47 Å². The van der Waals surface area contributed by atoms with Crippen molar-refractivity contribution in [2.45, 2.75) is 12.8 Å². The number of carbonyl (C=O) groups excluding carboxylic acids is 2. The van der Waals surface area contributed by atoms with Gasteiger partial charge in [0.05, 0.1) is 30.4 Å². The Morgan fingerprint density at radius 2 is 1.61 bits per heavy atom. The minimum atomic E-state index is -1.09. The van der Waals surface area contributed by atoms with E-state index in [9.17, 15) is 14.4 Å². The number of rotatable bonds is 8.